The molecular weight excluding hydrogens is 494 g/mol. The molecule has 0 N–H and O–H groups in total. The number of carbonyl (C=O) groups is 2. The van der Waals surface area contributed by atoms with E-state index in [1.807, 2.05) is 102 Å². The zero-order chi connectivity index (χ0) is 27.1. The first-order chi connectivity index (χ1) is 19.7. The highest BCUT2D eigenvalue weighted by Gasteiger charge is 2.40. The second kappa shape index (κ2) is 10.0. The number of para-hydroxylation sites is 2. The standard InChI is InChI=1S/C35H29N3O2/c39-33(24-37(29-21-22-29)35(40)28-19-17-26(18-20-28)25-10-3-1-4-11-25)38-31-15-8-7-14-30(31)36-23-9-16-32(36)34(38)27-12-5-2-6-13-27/h1-20,23,29,34H,21-22,24H2. The summed E-state index contributed by atoms with van der Waals surface area (Å²) in [6, 6.07) is 39.9. The molecule has 40 heavy (non-hydrogen) atoms. The van der Waals surface area contributed by atoms with E-state index in [9.17, 15) is 9.59 Å². The lowest BCUT2D eigenvalue weighted by molar-refractivity contribution is -0.119. The Morgan fingerprint density at radius 1 is 0.675 bits per heavy atom. The fourth-order valence-electron chi connectivity index (χ4n) is 5.79. The van der Waals surface area contributed by atoms with E-state index in [4.69, 9.17) is 0 Å². The minimum atomic E-state index is -0.292. The second-order valence-corrected chi connectivity index (χ2v) is 10.5. The minimum Gasteiger partial charge on any atom is -0.326 e. The molecule has 1 fully saturated rings. The molecule has 5 nitrogen and oxygen atoms in total. The van der Waals surface area contributed by atoms with E-state index < -0.39 is 0 Å². The van der Waals surface area contributed by atoms with Gasteiger partial charge in [0.1, 0.15) is 12.6 Å². The molecule has 5 aromatic rings. The second-order valence-electron chi connectivity index (χ2n) is 10.5. The molecule has 0 saturated heterocycles. The van der Waals surface area contributed by atoms with Crippen molar-refractivity contribution in [3.8, 4) is 16.8 Å². The van der Waals surface area contributed by atoms with E-state index in [2.05, 4.69) is 34.9 Å². The van der Waals surface area contributed by atoms with Gasteiger partial charge in [0.2, 0.25) is 5.91 Å². The first kappa shape index (κ1) is 24.2. The Morgan fingerprint density at radius 3 is 2.00 bits per heavy atom. The van der Waals surface area contributed by atoms with Crippen LogP contribution in [0.3, 0.4) is 0 Å². The van der Waals surface area contributed by atoms with Gasteiger partial charge in [0.25, 0.3) is 5.91 Å². The van der Waals surface area contributed by atoms with Gasteiger partial charge >= 0.3 is 0 Å². The monoisotopic (exact) mass is 523 g/mol. The van der Waals surface area contributed by atoms with Gasteiger partial charge in [-0.3, -0.25) is 14.5 Å². The van der Waals surface area contributed by atoms with Gasteiger partial charge in [-0.05, 0) is 65.9 Å². The predicted octanol–water partition coefficient (Wildman–Crippen LogP) is 6.89. The van der Waals surface area contributed by atoms with Crippen LogP contribution in [0.5, 0.6) is 0 Å². The fourth-order valence-corrected chi connectivity index (χ4v) is 5.79. The molecule has 2 heterocycles. The predicted molar refractivity (Wildman–Crippen MR) is 157 cm³/mol. The van der Waals surface area contributed by atoms with Crippen molar-refractivity contribution in [2.75, 3.05) is 11.4 Å². The highest BCUT2D eigenvalue weighted by Crippen LogP contribution is 2.42. The van der Waals surface area contributed by atoms with Gasteiger partial charge in [0.15, 0.2) is 0 Å². The van der Waals surface area contributed by atoms with Crippen LogP contribution < -0.4 is 4.90 Å². The molecule has 196 valence electrons. The van der Waals surface area contributed by atoms with Gasteiger partial charge in [0.05, 0.1) is 17.1 Å². The van der Waals surface area contributed by atoms with Crippen LogP contribution in [0.25, 0.3) is 16.8 Å². The first-order valence-corrected chi connectivity index (χ1v) is 13.8. The van der Waals surface area contributed by atoms with Crippen molar-refractivity contribution in [3.63, 3.8) is 0 Å². The van der Waals surface area contributed by atoms with Crippen LogP contribution in [0.2, 0.25) is 0 Å². The maximum Gasteiger partial charge on any atom is 0.254 e. The van der Waals surface area contributed by atoms with E-state index in [0.717, 1.165) is 46.6 Å². The molecule has 1 saturated carbocycles. The maximum absolute atomic E-state index is 14.3. The van der Waals surface area contributed by atoms with Crippen LogP contribution in [-0.2, 0) is 4.79 Å². The highest BCUT2D eigenvalue weighted by atomic mass is 16.2. The average Bonchev–Trinajstić information content (AvgIpc) is 3.74. The topological polar surface area (TPSA) is 45.6 Å². The van der Waals surface area contributed by atoms with Crippen LogP contribution in [0.15, 0.2) is 128 Å². The molecule has 1 aromatic heterocycles. The summed E-state index contributed by atoms with van der Waals surface area (Å²) >= 11 is 0. The molecule has 0 bridgehead atoms. The molecule has 2 aliphatic rings. The number of hydrogen-bond donors (Lipinski definition) is 0. The van der Waals surface area contributed by atoms with Crippen molar-refractivity contribution in [1.29, 1.82) is 0 Å². The molecule has 2 amide bonds. The van der Waals surface area contributed by atoms with E-state index in [1.165, 1.54) is 0 Å². The van der Waals surface area contributed by atoms with Crippen LogP contribution in [0.1, 0.15) is 40.5 Å². The van der Waals surface area contributed by atoms with Crippen LogP contribution in [-0.4, -0.2) is 33.9 Å². The smallest absolute Gasteiger partial charge is 0.254 e. The minimum absolute atomic E-state index is 0.0301. The third-order valence-electron chi connectivity index (χ3n) is 7.90. The Bertz CT molecular complexity index is 1670. The molecule has 0 radical (unpaired) electrons. The summed E-state index contributed by atoms with van der Waals surface area (Å²) < 4.78 is 2.16. The van der Waals surface area contributed by atoms with Crippen molar-refractivity contribution < 1.29 is 9.59 Å². The molecule has 0 spiro atoms. The maximum atomic E-state index is 14.3. The zero-order valence-electron chi connectivity index (χ0n) is 22.1. The number of nitrogens with zero attached hydrogens (tertiary/aromatic N) is 3. The van der Waals surface area contributed by atoms with Gasteiger partial charge in [-0.15, -0.1) is 0 Å². The van der Waals surface area contributed by atoms with Crippen LogP contribution >= 0.6 is 0 Å². The van der Waals surface area contributed by atoms with Gasteiger partial charge < -0.3 is 9.47 Å². The van der Waals surface area contributed by atoms with E-state index in [-0.39, 0.29) is 30.4 Å². The quantitative estimate of drug-likeness (QED) is 0.243. The third kappa shape index (κ3) is 4.30. The van der Waals surface area contributed by atoms with Crippen molar-refractivity contribution in [3.05, 3.63) is 144 Å². The summed E-state index contributed by atoms with van der Waals surface area (Å²) in [6.45, 7) is 0.0301. The molecule has 1 atom stereocenters. The van der Waals surface area contributed by atoms with Crippen LogP contribution in [0, 0.1) is 0 Å². The van der Waals surface area contributed by atoms with Crippen molar-refractivity contribution >= 4 is 17.5 Å². The van der Waals surface area contributed by atoms with E-state index >= 15 is 0 Å². The first-order valence-electron chi connectivity index (χ1n) is 13.8. The summed E-state index contributed by atoms with van der Waals surface area (Å²) in [6.07, 6.45) is 3.89. The normalized spacial score (nSPS) is 15.7. The fraction of sp³-hybridized carbons (Fsp3) is 0.143. The molecule has 5 heteroatoms. The molecule has 1 aliphatic carbocycles. The lowest BCUT2D eigenvalue weighted by atomic mass is 9.97. The molecule has 4 aromatic carbocycles. The number of benzene rings is 4. The Morgan fingerprint density at radius 2 is 1.30 bits per heavy atom. The lowest BCUT2D eigenvalue weighted by Gasteiger charge is -2.39. The highest BCUT2D eigenvalue weighted by molar-refractivity contribution is 6.03. The summed E-state index contributed by atoms with van der Waals surface area (Å²) in [7, 11) is 0. The summed E-state index contributed by atoms with van der Waals surface area (Å²) in [5, 5.41) is 0. The van der Waals surface area contributed by atoms with Crippen molar-refractivity contribution in [2.24, 2.45) is 0 Å². The Hall–Kier alpha value is -4.90. The number of fused-ring (bicyclic) bond motifs is 3. The molecule has 7 rings (SSSR count). The number of carbonyl (C=O) groups excluding carboxylic acids is 2. The van der Waals surface area contributed by atoms with E-state index in [1.54, 1.807) is 4.90 Å². The van der Waals surface area contributed by atoms with Crippen LogP contribution in [0.4, 0.5) is 5.69 Å². The van der Waals surface area contributed by atoms with Gasteiger partial charge in [-0.25, -0.2) is 0 Å². The third-order valence-corrected chi connectivity index (χ3v) is 7.90. The summed E-state index contributed by atoms with van der Waals surface area (Å²) in [5.41, 5.74) is 6.64. The Balaban J connectivity index is 1.22. The average molecular weight is 524 g/mol. The zero-order valence-corrected chi connectivity index (χ0v) is 22.1. The number of anilines is 1. The van der Waals surface area contributed by atoms with Gasteiger partial charge in [0, 0.05) is 17.8 Å². The molecular formula is C35H29N3O2. The van der Waals surface area contributed by atoms with E-state index in [0.29, 0.717) is 5.56 Å². The summed E-state index contributed by atoms with van der Waals surface area (Å²) in [4.78, 5) is 31.8. The number of hydrogen-bond acceptors (Lipinski definition) is 2. The molecule has 1 unspecified atom stereocenters. The molecule has 1 aliphatic heterocycles. The van der Waals surface area contributed by atoms with Gasteiger partial charge in [-0.1, -0.05) is 84.9 Å². The SMILES string of the molecule is O=C(c1ccc(-c2ccccc2)cc1)N(CC(=O)N1c2ccccc2-n2cccc2C1c1ccccc1)C1CC1. The largest absolute Gasteiger partial charge is 0.326 e. The summed E-state index contributed by atoms with van der Waals surface area (Å²) in [5.74, 6) is -0.185. The van der Waals surface area contributed by atoms with Crippen molar-refractivity contribution in [1.82, 2.24) is 9.47 Å². The number of amides is 2. The number of aromatic nitrogens is 1. The Labute approximate surface area is 233 Å². The van der Waals surface area contributed by atoms with Gasteiger partial charge in [-0.2, -0.15) is 0 Å². The Kier molecular flexibility index (Phi) is 6.05. The lowest BCUT2D eigenvalue weighted by Crippen LogP contribution is -2.47. The number of rotatable bonds is 6. The van der Waals surface area contributed by atoms with Crippen molar-refractivity contribution in [2.45, 2.75) is 24.9 Å².